The van der Waals surface area contributed by atoms with Crippen LogP contribution < -0.4 is 5.73 Å². The maximum atomic E-state index is 12.9. The predicted molar refractivity (Wildman–Crippen MR) is 67.9 cm³/mol. The molecular formula is C12H8F3N3S. The molecule has 0 radical (unpaired) electrons. The number of pyridine rings is 1. The number of hydrogen-bond donors (Lipinski definition) is 1. The highest BCUT2D eigenvalue weighted by Crippen LogP contribution is 2.36. The largest absolute Gasteiger partial charge is 0.419 e. The molecule has 0 aliphatic rings. The van der Waals surface area contributed by atoms with Gasteiger partial charge in [0.2, 0.25) is 0 Å². The zero-order chi connectivity index (χ0) is 13.6. The molecule has 0 saturated heterocycles. The minimum Gasteiger partial charge on any atom is -0.383 e. The van der Waals surface area contributed by atoms with Crippen LogP contribution in [-0.2, 0) is 6.18 Å². The fourth-order valence-corrected chi connectivity index (χ4v) is 2.62. The Hall–Kier alpha value is -2.02. The molecular weight excluding hydrogens is 275 g/mol. The SMILES string of the molecule is Nc1c(-c2cccs2)nc2c(C(F)(F)F)cccn12. The Labute approximate surface area is 110 Å². The summed E-state index contributed by atoms with van der Waals surface area (Å²) in [6.07, 6.45) is -2.98. The molecule has 98 valence electrons. The summed E-state index contributed by atoms with van der Waals surface area (Å²) in [4.78, 5) is 4.79. The minimum absolute atomic E-state index is 0.170. The van der Waals surface area contributed by atoms with Gasteiger partial charge < -0.3 is 5.73 Å². The summed E-state index contributed by atoms with van der Waals surface area (Å²) >= 11 is 1.38. The van der Waals surface area contributed by atoms with Crippen molar-refractivity contribution in [2.24, 2.45) is 0 Å². The molecule has 3 heterocycles. The first-order valence-electron chi connectivity index (χ1n) is 5.36. The summed E-state index contributed by atoms with van der Waals surface area (Å²) in [5.74, 6) is 0.212. The Morgan fingerprint density at radius 3 is 2.63 bits per heavy atom. The van der Waals surface area contributed by atoms with Gasteiger partial charge in [-0.1, -0.05) is 6.07 Å². The number of rotatable bonds is 1. The van der Waals surface area contributed by atoms with Gasteiger partial charge in [-0.3, -0.25) is 4.40 Å². The molecule has 0 saturated carbocycles. The van der Waals surface area contributed by atoms with E-state index in [-0.39, 0.29) is 11.5 Å². The van der Waals surface area contributed by atoms with Crippen LogP contribution in [0.1, 0.15) is 5.56 Å². The van der Waals surface area contributed by atoms with Gasteiger partial charge in [0.15, 0.2) is 5.65 Å². The number of imidazole rings is 1. The summed E-state index contributed by atoms with van der Waals surface area (Å²) in [6, 6.07) is 5.89. The van der Waals surface area contributed by atoms with Crippen LogP contribution >= 0.6 is 11.3 Å². The van der Waals surface area contributed by atoms with Crippen molar-refractivity contribution in [2.75, 3.05) is 5.73 Å². The third kappa shape index (κ3) is 1.86. The molecule has 3 aromatic rings. The lowest BCUT2D eigenvalue weighted by Crippen LogP contribution is -2.07. The highest BCUT2D eigenvalue weighted by molar-refractivity contribution is 7.13. The average Bonchev–Trinajstić information content (AvgIpc) is 2.96. The lowest BCUT2D eigenvalue weighted by molar-refractivity contribution is -0.136. The van der Waals surface area contributed by atoms with Crippen molar-refractivity contribution < 1.29 is 13.2 Å². The number of halogens is 3. The summed E-state index contributed by atoms with van der Waals surface area (Å²) in [7, 11) is 0. The fraction of sp³-hybridized carbons (Fsp3) is 0.0833. The van der Waals surface area contributed by atoms with Crippen molar-refractivity contribution in [3.8, 4) is 10.6 Å². The summed E-state index contributed by atoms with van der Waals surface area (Å²) in [6.45, 7) is 0. The molecule has 0 amide bonds. The monoisotopic (exact) mass is 283 g/mol. The second kappa shape index (κ2) is 3.99. The van der Waals surface area contributed by atoms with Crippen LogP contribution in [0.15, 0.2) is 35.8 Å². The number of anilines is 1. The van der Waals surface area contributed by atoms with Gasteiger partial charge in [-0.15, -0.1) is 11.3 Å². The number of fused-ring (bicyclic) bond motifs is 1. The van der Waals surface area contributed by atoms with Crippen molar-refractivity contribution in [2.45, 2.75) is 6.18 Å². The van der Waals surface area contributed by atoms with E-state index in [0.717, 1.165) is 10.9 Å². The van der Waals surface area contributed by atoms with E-state index in [9.17, 15) is 13.2 Å². The van der Waals surface area contributed by atoms with Gasteiger partial charge in [0.25, 0.3) is 0 Å². The summed E-state index contributed by atoms with van der Waals surface area (Å²) in [5, 5.41) is 1.82. The Balaban J connectivity index is 2.32. The highest BCUT2D eigenvalue weighted by Gasteiger charge is 2.34. The van der Waals surface area contributed by atoms with Crippen molar-refractivity contribution in [3.05, 3.63) is 41.4 Å². The summed E-state index contributed by atoms with van der Waals surface area (Å²) < 4.78 is 40.0. The smallest absolute Gasteiger partial charge is 0.383 e. The van der Waals surface area contributed by atoms with E-state index in [1.54, 1.807) is 12.1 Å². The average molecular weight is 283 g/mol. The third-order valence-electron chi connectivity index (χ3n) is 2.75. The number of aromatic nitrogens is 2. The Bertz CT molecular complexity index is 729. The molecule has 3 nitrogen and oxygen atoms in total. The van der Waals surface area contributed by atoms with Gasteiger partial charge in [0, 0.05) is 6.20 Å². The molecule has 3 rings (SSSR count). The van der Waals surface area contributed by atoms with Gasteiger partial charge in [0.1, 0.15) is 11.5 Å². The summed E-state index contributed by atoms with van der Waals surface area (Å²) in [5.41, 5.74) is 5.31. The molecule has 0 atom stereocenters. The van der Waals surface area contributed by atoms with Crippen LogP contribution in [0.2, 0.25) is 0 Å². The Morgan fingerprint density at radius 2 is 2.00 bits per heavy atom. The van der Waals surface area contributed by atoms with Crippen molar-refractivity contribution >= 4 is 22.8 Å². The van der Waals surface area contributed by atoms with Gasteiger partial charge in [-0.2, -0.15) is 13.2 Å². The first-order valence-corrected chi connectivity index (χ1v) is 6.24. The molecule has 0 fully saturated rings. The van der Waals surface area contributed by atoms with Crippen LogP contribution in [0.3, 0.4) is 0 Å². The van der Waals surface area contributed by atoms with Gasteiger partial charge >= 0.3 is 6.18 Å². The zero-order valence-electron chi connectivity index (χ0n) is 9.48. The molecule has 7 heteroatoms. The van der Waals surface area contributed by atoms with E-state index >= 15 is 0 Å². The zero-order valence-corrected chi connectivity index (χ0v) is 10.3. The normalized spacial score (nSPS) is 12.2. The number of alkyl halides is 3. The van der Waals surface area contributed by atoms with E-state index in [1.807, 2.05) is 5.38 Å². The van der Waals surface area contributed by atoms with Gasteiger partial charge in [-0.05, 0) is 23.6 Å². The minimum atomic E-state index is -4.45. The standard InChI is InChI=1S/C12H8F3N3S/c13-12(14,15)7-3-1-5-18-10(16)9(17-11(7)18)8-4-2-6-19-8/h1-6H,16H2. The topological polar surface area (TPSA) is 43.3 Å². The van der Waals surface area contributed by atoms with Crippen molar-refractivity contribution in [1.82, 2.24) is 9.38 Å². The van der Waals surface area contributed by atoms with Crippen LogP contribution in [0, 0.1) is 0 Å². The molecule has 0 aliphatic carbocycles. The number of nitrogens with zero attached hydrogens (tertiary/aromatic N) is 2. The molecule has 2 N–H and O–H groups in total. The first-order chi connectivity index (χ1) is 8.98. The molecule has 0 aromatic carbocycles. The molecule has 0 spiro atoms. The van der Waals surface area contributed by atoms with Crippen LogP contribution in [0.5, 0.6) is 0 Å². The van der Waals surface area contributed by atoms with Crippen LogP contribution in [0.25, 0.3) is 16.2 Å². The van der Waals surface area contributed by atoms with Crippen LogP contribution in [0.4, 0.5) is 19.0 Å². The fourth-order valence-electron chi connectivity index (χ4n) is 1.90. The van der Waals surface area contributed by atoms with E-state index < -0.39 is 11.7 Å². The quantitative estimate of drug-likeness (QED) is 0.740. The first kappa shape index (κ1) is 12.0. The third-order valence-corrected chi connectivity index (χ3v) is 3.62. The van der Waals surface area contributed by atoms with Crippen molar-refractivity contribution in [3.63, 3.8) is 0 Å². The molecule has 19 heavy (non-hydrogen) atoms. The van der Waals surface area contributed by atoms with Crippen molar-refractivity contribution in [1.29, 1.82) is 0 Å². The van der Waals surface area contributed by atoms with Gasteiger partial charge in [0.05, 0.1) is 10.4 Å². The lowest BCUT2D eigenvalue weighted by Gasteiger charge is -2.07. The van der Waals surface area contributed by atoms with Crippen LogP contribution in [-0.4, -0.2) is 9.38 Å². The van der Waals surface area contributed by atoms with E-state index in [1.165, 1.54) is 28.0 Å². The lowest BCUT2D eigenvalue weighted by atomic mass is 10.2. The van der Waals surface area contributed by atoms with E-state index in [0.29, 0.717) is 5.69 Å². The Kier molecular flexibility index (Phi) is 2.53. The molecule has 3 aromatic heterocycles. The number of thiophene rings is 1. The number of hydrogen-bond acceptors (Lipinski definition) is 3. The molecule has 0 aliphatic heterocycles. The predicted octanol–water partition coefficient (Wildman–Crippen LogP) is 3.66. The van der Waals surface area contributed by atoms with Gasteiger partial charge in [-0.25, -0.2) is 4.98 Å². The molecule has 0 unspecified atom stereocenters. The second-order valence-corrected chi connectivity index (χ2v) is 4.88. The van der Waals surface area contributed by atoms with E-state index in [4.69, 9.17) is 5.73 Å². The number of nitrogens with two attached hydrogens (primary N) is 1. The maximum Gasteiger partial charge on any atom is 0.419 e. The second-order valence-electron chi connectivity index (χ2n) is 3.94. The Morgan fingerprint density at radius 1 is 1.21 bits per heavy atom. The number of nitrogen functional groups attached to an aromatic ring is 1. The highest BCUT2D eigenvalue weighted by atomic mass is 32.1. The molecule has 0 bridgehead atoms. The van der Waals surface area contributed by atoms with E-state index in [2.05, 4.69) is 4.98 Å². The maximum absolute atomic E-state index is 12.9.